The summed E-state index contributed by atoms with van der Waals surface area (Å²) in [6, 6.07) is 6.86. The second-order valence-corrected chi connectivity index (χ2v) is 4.39. The van der Waals surface area contributed by atoms with E-state index in [0.717, 1.165) is 31.2 Å². The van der Waals surface area contributed by atoms with Gasteiger partial charge >= 0.3 is 5.97 Å². The Morgan fingerprint density at radius 3 is 2.31 bits per heavy atom. The molecule has 1 aliphatic carbocycles. The number of carbonyl (C=O) groups is 1. The van der Waals surface area contributed by atoms with Crippen molar-refractivity contribution in [3.05, 3.63) is 35.4 Å². The summed E-state index contributed by atoms with van der Waals surface area (Å²) < 4.78 is 0. The zero-order valence-corrected chi connectivity index (χ0v) is 9.10. The zero-order chi connectivity index (χ0) is 11.5. The minimum Gasteiger partial charge on any atom is -0.478 e. The van der Waals surface area contributed by atoms with Crippen molar-refractivity contribution in [2.75, 3.05) is 0 Å². The standard InChI is InChI=1S/C13H16O3/c14-12-4-2-1-3-11(12)9-5-7-10(8-6-9)13(15)16/h5-8,11-12,14H,1-4H2,(H,15,16)/t11-,12+/m0/s1. The molecule has 0 heterocycles. The van der Waals surface area contributed by atoms with Crippen molar-refractivity contribution in [3.8, 4) is 0 Å². The van der Waals surface area contributed by atoms with Crippen LogP contribution >= 0.6 is 0 Å². The first-order valence-electron chi connectivity index (χ1n) is 5.70. The summed E-state index contributed by atoms with van der Waals surface area (Å²) in [5, 5.41) is 18.7. The Morgan fingerprint density at radius 2 is 1.75 bits per heavy atom. The Bertz CT molecular complexity index is 369. The molecular weight excluding hydrogens is 204 g/mol. The first-order chi connectivity index (χ1) is 7.68. The molecule has 0 saturated heterocycles. The summed E-state index contributed by atoms with van der Waals surface area (Å²) in [5.41, 5.74) is 1.35. The fourth-order valence-electron chi connectivity index (χ4n) is 2.37. The highest BCUT2D eigenvalue weighted by molar-refractivity contribution is 5.87. The summed E-state index contributed by atoms with van der Waals surface area (Å²) in [6.07, 6.45) is 3.80. The van der Waals surface area contributed by atoms with Crippen LogP contribution in [0.15, 0.2) is 24.3 Å². The van der Waals surface area contributed by atoms with E-state index < -0.39 is 5.97 Å². The van der Waals surface area contributed by atoms with Crippen LogP contribution in [0, 0.1) is 0 Å². The molecule has 1 aliphatic rings. The van der Waals surface area contributed by atoms with E-state index >= 15 is 0 Å². The first-order valence-corrected chi connectivity index (χ1v) is 5.70. The number of carboxylic acids is 1. The van der Waals surface area contributed by atoms with E-state index in [1.165, 1.54) is 0 Å². The molecule has 1 aromatic rings. The molecule has 0 unspecified atom stereocenters. The largest absolute Gasteiger partial charge is 0.478 e. The molecule has 86 valence electrons. The van der Waals surface area contributed by atoms with Crippen molar-refractivity contribution in [1.82, 2.24) is 0 Å². The normalized spacial score (nSPS) is 25.3. The molecule has 2 N–H and O–H groups in total. The summed E-state index contributed by atoms with van der Waals surface area (Å²) in [7, 11) is 0. The third kappa shape index (κ3) is 2.25. The molecule has 0 amide bonds. The Labute approximate surface area is 94.7 Å². The highest BCUT2D eigenvalue weighted by Gasteiger charge is 2.24. The smallest absolute Gasteiger partial charge is 0.335 e. The van der Waals surface area contributed by atoms with E-state index in [1.54, 1.807) is 12.1 Å². The van der Waals surface area contributed by atoms with Gasteiger partial charge in [-0.2, -0.15) is 0 Å². The van der Waals surface area contributed by atoms with Crippen molar-refractivity contribution in [1.29, 1.82) is 0 Å². The lowest BCUT2D eigenvalue weighted by atomic mass is 9.81. The fraction of sp³-hybridized carbons (Fsp3) is 0.462. The Morgan fingerprint density at radius 1 is 1.12 bits per heavy atom. The quantitative estimate of drug-likeness (QED) is 0.804. The van der Waals surface area contributed by atoms with Crippen molar-refractivity contribution in [2.24, 2.45) is 0 Å². The summed E-state index contributed by atoms with van der Waals surface area (Å²) in [6.45, 7) is 0. The minimum atomic E-state index is -0.907. The van der Waals surface area contributed by atoms with E-state index in [1.807, 2.05) is 12.1 Å². The molecule has 0 aliphatic heterocycles. The molecule has 1 saturated carbocycles. The lowest BCUT2D eigenvalue weighted by Crippen LogP contribution is -2.22. The number of benzene rings is 1. The molecule has 2 rings (SSSR count). The van der Waals surface area contributed by atoms with Gasteiger partial charge in [-0.1, -0.05) is 25.0 Å². The Kier molecular flexibility index (Phi) is 3.25. The number of carboxylic acid groups (broad SMARTS) is 1. The van der Waals surface area contributed by atoms with Gasteiger partial charge in [0.05, 0.1) is 11.7 Å². The van der Waals surface area contributed by atoms with Gasteiger partial charge in [-0.25, -0.2) is 4.79 Å². The minimum absolute atomic E-state index is 0.177. The van der Waals surface area contributed by atoms with E-state index in [0.29, 0.717) is 5.56 Å². The highest BCUT2D eigenvalue weighted by atomic mass is 16.4. The van der Waals surface area contributed by atoms with Gasteiger partial charge in [-0.3, -0.25) is 0 Å². The van der Waals surface area contributed by atoms with Gasteiger partial charge in [0.2, 0.25) is 0 Å². The second kappa shape index (κ2) is 4.66. The summed E-state index contributed by atoms with van der Waals surface area (Å²) in [5.74, 6) is -0.729. The van der Waals surface area contributed by atoms with Gasteiger partial charge < -0.3 is 10.2 Å². The summed E-state index contributed by atoms with van der Waals surface area (Å²) >= 11 is 0. The van der Waals surface area contributed by atoms with Gasteiger partial charge in [0.25, 0.3) is 0 Å². The SMILES string of the molecule is O=C(O)c1ccc([C@@H]2CCCC[C@H]2O)cc1. The maximum Gasteiger partial charge on any atom is 0.335 e. The molecule has 3 heteroatoms. The van der Waals surface area contributed by atoms with Gasteiger partial charge in [0, 0.05) is 5.92 Å². The summed E-state index contributed by atoms with van der Waals surface area (Å²) in [4.78, 5) is 10.7. The van der Waals surface area contributed by atoms with E-state index in [9.17, 15) is 9.90 Å². The number of hydrogen-bond acceptors (Lipinski definition) is 2. The van der Waals surface area contributed by atoms with Crippen LogP contribution in [0.2, 0.25) is 0 Å². The van der Waals surface area contributed by atoms with Crippen LogP contribution in [-0.2, 0) is 0 Å². The molecule has 0 radical (unpaired) electrons. The van der Waals surface area contributed by atoms with Crippen molar-refractivity contribution < 1.29 is 15.0 Å². The lowest BCUT2D eigenvalue weighted by molar-refractivity contribution is 0.0697. The highest BCUT2D eigenvalue weighted by Crippen LogP contribution is 2.32. The van der Waals surface area contributed by atoms with E-state index in [-0.39, 0.29) is 12.0 Å². The van der Waals surface area contributed by atoms with Gasteiger partial charge in [0.1, 0.15) is 0 Å². The lowest BCUT2D eigenvalue weighted by Gasteiger charge is -2.27. The van der Waals surface area contributed by atoms with Gasteiger partial charge in [-0.05, 0) is 30.5 Å². The predicted molar refractivity (Wildman–Crippen MR) is 60.6 cm³/mol. The van der Waals surface area contributed by atoms with Crippen LogP contribution in [0.5, 0.6) is 0 Å². The third-order valence-corrected chi connectivity index (χ3v) is 3.32. The van der Waals surface area contributed by atoms with Crippen molar-refractivity contribution in [3.63, 3.8) is 0 Å². The molecule has 1 fully saturated rings. The fourth-order valence-corrected chi connectivity index (χ4v) is 2.37. The van der Waals surface area contributed by atoms with Crippen LogP contribution in [0.4, 0.5) is 0 Å². The maximum atomic E-state index is 10.7. The van der Waals surface area contributed by atoms with Crippen LogP contribution < -0.4 is 0 Å². The number of aliphatic hydroxyl groups excluding tert-OH is 1. The van der Waals surface area contributed by atoms with Crippen LogP contribution in [0.3, 0.4) is 0 Å². The van der Waals surface area contributed by atoms with Crippen molar-refractivity contribution >= 4 is 5.97 Å². The number of rotatable bonds is 2. The number of aromatic carboxylic acids is 1. The topological polar surface area (TPSA) is 57.5 Å². The average Bonchev–Trinajstić information content (AvgIpc) is 2.30. The molecular formula is C13H16O3. The molecule has 0 spiro atoms. The second-order valence-electron chi connectivity index (χ2n) is 4.39. The molecule has 1 aromatic carbocycles. The Hall–Kier alpha value is -1.35. The molecule has 0 aromatic heterocycles. The van der Waals surface area contributed by atoms with Crippen LogP contribution in [0.25, 0.3) is 0 Å². The van der Waals surface area contributed by atoms with Gasteiger partial charge in [0.15, 0.2) is 0 Å². The van der Waals surface area contributed by atoms with Gasteiger partial charge in [-0.15, -0.1) is 0 Å². The molecule has 0 bridgehead atoms. The number of aliphatic hydroxyl groups is 1. The van der Waals surface area contributed by atoms with Crippen LogP contribution in [-0.4, -0.2) is 22.3 Å². The molecule has 3 nitrogen and oxygen atoms in total. The predicted octanol–water partition coefficient (Wildman–Crippen LogP) is 2.40. The zero-order valence-electron chi connectivity index (χ0n) is 9.10. The Balaban J connectivity index is 2.17. The van der Waals surface area contributed by atoms with Crippen molar-refractivity contribution in [2.45, 2.75) is 37.7 Å². The van der Waals surface area contributed by atoms with E-state index in [4.69, 9.17) is 5.11 Å². The maximum absolute atomic E-state index is 10.7. The molecule has 16 heavy (non-hydrogen) atoms. The van der Waals surface area contributed by atoms with Crippen LogP contribution in [0.1, 0.15) is 47.5 Å². The average molecular weight is 220 g/mol. The monoisotopic (exact) mass is 220 g/mol. The van der Waals surface area contributed by atoms with E-state index in [2.05, 4.69) is 0 Å². The first kappa shape index (κ1) is 11.1. The number of hydrogen-bond donors (Lipinski definition) is 2. The third-order valence-electron chi connectivity index (χ3n) is 3.32. The molecule has 2 atom stereocenters.